The van der Waals surface area contributed by atoms with Gasteiger partial charge in [-0.25, -0.2) is 4.57 Å². The fourth-order valence-corrected chi connectivity index (χ4v) is 1.88. The van der Waals surface area contributed by atoms with Crippen molar-refractivity contribution in [3.63, 3.8) is 0 Å². The highest BCUT2D eigenvalue weighted by Crippen LogP contribution is 2.24. The van der Waals surface area contributed by atoms with E-state index in [0.29, 0.717) is 0 Å². The fraction of sp³-hybridized carbons (Fsp3) is 0.231. The average Bonchev–Trinajstić information content (AvgIpc) is 2.22. The third-order valence-corrected chi connectivity index (χ3v) is 2.68. The number of halogens is 1. The number of nitrogens with one attached hydrogen (secondary N) is 1. The molecule has 0 aliphatic heterocycles. The summed E-state index contributed by atoms with van der Waals surface area (Å²) in [6, 6.07) is 8.09. The molecule has 2 rings (SSSR count). The summed E-state index contributed by atoms with van der Waals surface area (Å²) in [7, 11) is 2.00. The fourth-order valence-electron chi connectivity index (χ4n) is 1.88. The SMILES string of the molecule is CC(=O)Nc1c(C)ccc2c1ccc[n+]2C.[I-]. The first-order valence-corrected chi connectivity index (χ1v) is 5.25. The van der Waals surface area contributed by atoms with E-state index in [1.807, 2.05) is 42.9 Å². The van der Waals surface area contributed by atoms with Crippen molar-refractivity contribution in [3.05, 3.63) is 36.0 Å². The van der Waals surface area contributed by atoms with E-state index in [4.69, 9.17) is 0 Å². The van der Waals surface area contributed by atoms with Crippen molar-refractivity contribution in [1.29, 1.82) is 0 Å². The molecule has 0 aliphatic rings. The van der Waals surface area contributed by atoms with Crippen LogP contribution in [0.25, 0.3) is 10.9 Å². The van der Waals surface area contributed by atoms with Gasteiger partial charge in [-0.15, -0.1) is 0 Å². The Balaban J connectivity index is 0.00000144. The second-order valence-electron chi connectivity index (χ2n) is 3.99. The minimum Gasteiger partial charge on any atom is -1.00 e. The molecule has 0 spiro atoms. The Morgan fingerprint density at radius 3 is 2.65 bits per heavy atom. The Bertz CT molecular complexity index is 567. The van der Waals surface area contributed by atoms with Crippen molar-refractivity contribution in [2.45, 2.75) is 13.8 Å². The lowest BCUT2D eigenvalue weighted by Gasteiger charge is -2.08. The van der Waals surface area contributed by atoms with Crippen LogP contribution < -0.4 is 33.9 Å². The maximum Gasteiger partial charge on any atom is 0.221 e. The lowest BCUT2D eigenvalue weighted by atomic mass is 10.1. The van der Waals surface area contributed by atoms with Crippen molar-refractivity contribution in [2.75, 3.05) is 5.32 Å². The van der Waals surface area contributed by atoms with Gasteiger partial charge < -0.3 is 29.3 Å². The number of rotatable bonds is 1. The van der Waals surface area contributed by atoms with Gasteiger partial charge in [0.25, 0.3) is 0 Å². The highest BCUT2D eigenvalue weighted by atomic mass is 127. The van der Waals surface area contributed by atoms with Crippen LogP contribution in [0.15, 0.2) is 30.5 Å². The Kier molecular flexibility index (Phi) is 4.45. The molecule has 1 N–H and O–H groups in total. The predicted molar refractivity (Wildman–Crippen MR) is 64.2 cm³/mol. The largest absolute Gasteiger partial charge is 1.00 e. The van der Waals surface area contributed by atoms with E-state index < -0.39 is 0 Å². The van der Waals surface area contributed by atoms with Gasteiger partial charge in [0.2, 0.25) is 11.4 Å². The number of pyridine rings is 1. The molecule has 90 valence electrons. The van der Waals surface area contributed by atoms with Crippen LogP contribution in [0.4, 0.5) is 5.69 Å². The van der Waals surface area contributed by atoms with Crippen molar-refractivity contribution in [2.24, 2.45) is 7.05 Å². The van der Waals surface area contributed by atoms with E-state index in [2.05, 4.69) is 11.4 Å². The van der Waals surface area contributed by atoms with E-state index in [1.54, 1.807) is 0 Å². The smallest absolute Gasteiger partial charge is 0.221 e. The maximum absolute atomic E-state index is 11.2. The summed E-state index contributed by atoms with van der Waals surface area (Å²) in [6.07, 6.45) is 2.00. The number of benzene rings is 1. The van der Waals surface area contributed by atoms with Crippen LogP contribution in [0.1, 0.15) is 12.5 Å². The molecule has 1 amide bonds. The Morgan fingerprint density at radius 1 is 1.29 bits per heavy atom. The van der Waals surface area contributed by atoms with Crippen LogP contribution in [-0.2, 0) is 11.8 Å². The zero-order valence-corrected chi connectivity index (χ0v) is 12.3. The molecule has 0 aliphatic carbocycles. The highest BCUT2D eigenvalue weighted by molar-refractivity contribution is 6.00. The highest BCUT2D eigenvalue weighted by Gasteiger charge is 2.11. The normalized spacial score (nSPS) is 9.82. The summed E-state index contributed by atoms with van der Waals surface area (Å²) in [5.41, 5.74) is 3.09. The first-order valence-electron chi connectivity index (χ1n) is 5.25. The molecule has 3 nitrogen and oxygen atoms in total. The second kappa shape index (κ2) is 5.44. The molecule has 17 heavy (non-hydrogen) atoms. The molecule has 0 saturated heterocycles. The summed E-state index contributed by atoms with van der Waals surface area (Å²) < 4.78 is 2.04. The molecule has 1 aromatic heterocycles. The van der Waals surface area contributed by atoms with Crippen LogP contribution >= 0.6 is 0 Å². The van der Waals surface area contributed by atoms with E-state index in [1.165, 1.54) is 6.92 Å². The number of aromatic nitrogens is 1. The molecule has 4 heteroatoms. The number of nitrogens with zero attached hydrogens (tertiary/aromatic N) is 1. The monoisotopic (exact) mass is 342 g/mol. The summed E-state index contributed by atoms with van der Waals surface area (Å²) in [5.74, 6) is -0.0397. The Morgan fingerprint density at radius 2 is 2.00 bits per heavy atom. The molecule has 0 unspecified atom stereocenters. The zero-order valence-electron chi connectivity index (χ0n) is 10.1. The van der Waals surface area contributed by atoms with Gasteiger partial charge >= 0.3 is 0 Å². The molecule has 0 fully saturated rings. The van der Waals surface area contributed by atoms with E-state index in [-0.39, 0.29) is 29.9 Å². The van der Waals surface area contributed by atoms with Crippen molar-refractivity contribution in [3.8, 4) is 0 Å². The van der Waals surface area contributed by atoms with Crippen LogP contribution in [0, 0.1) is 6.92 Å². The molecular weight excluding hydrogens is 327 g/mol. The Labute approximate surface area is 118 Å². The van der Waals surface area contributed by atoms with Gasteiger partial charge in [-0.2, -0.15) is 0 Å². The predicted octanol–water partition coefficient (Wildman–Crippen LogP) is -1.06. The van der Waals surface area contributed by atoms with Gasteiger partial charge in [-0.05, 0) is 18.6 Å². The molecule has 0 saturated carbocycles. The first-order chi connectivity index (χ1) is 7.59. The number of anilines is 1. The van der Waals surface area contributed by atoms with E-state index in [0.717, 1.165) is 22.2 Å². The third kappa shape index (κ3) is 2.74. The van der Waals surface area contributed by atoms with E-state index in [9.17, 15) is 4.79 Å². The van der Waals surface area contributed by atoms with Crippen LogP contribution in [0.3, 0.4) is 0 Å². The molecule has 1 heterocycles. The minimum atomic E-state index is -0.0397. The number of fused-ring (bicyclic) bond motifs is 1. The summed E-state index contributed by atoms with van der Waals surface area (Å²) in [6.45, 7) is 3.53. The molecule has 1 aromatic carbocycles. The number of hydrogen-bond donors (Lipinski definition) is 1. The summed E-state index contributed by atoms with van der Waals surface area (Å²) in [5, 5.41) is 3.96. The Hall–Kier alpha value is -1.17. The third-order valence-electron chi connectivity index (χ3n) is 2.68. The number of carbonyl (C=O) groups excluding carboxylic acids is 1. The molecule has 2 aromatic rings. The number of carbonyl (C=O) groups is 1. The minimum absolute atomic E-state index is 0. The number of hydrogen-bond acceptors (Lipinski definition) is 1. The standard InChI is InChI=1S/C13H14N2O.HI/c1-9-6-7-12-11(5-4-8-15(12)3)13(9)14-10(2)16;/h4-8H,1-3H3;1H. The van der Waals surface area contributed by atoms with E-state index >= 15 is 0 Å². The van der Waals surface area contributed by atoms with Gasteiger partial charge in [-0.1, -0.05) is 6.07 Å². The topological polar surface area (TPSA) is 33.0 Å². The summed E-state index contributed by atoms with van der Waals surface area (Å²) in [4.78, 5) is 11.2. The van der Waals surface area contributed by atoms with Crippen LogP contribution in [-0.4, -0.2) is 5.91 Å². The van der Waals surface area contributed by atoms with Crippen molar-refractivity contribution in [1.82, 2.24) is 0 Å². The van der Waals surface area contributed by atoms with Gasteiger partial charge in [-0.3, -0.25) is 4.79 Å². The second-order valence-corrected chi connectivity index (χ2v) is 3.99. The molecule has 0 atom stereocenters. The van der Waals surface area contributed by atoms with Crippen LogP contribution in [0.2, 0.25) is 0 Å². The van der Waals surface area contributed by atoms with Crippen molar-refractivity contribution < 1.29 is 33.3 Å². The number of amides is 1. The maximum atomic E-state index is 11.2. The first kappa shape index (κ1) is 13.9. The molecular formula is C13H15IN2O. The van der Waals surface area contributed by atoms with Crippen molar-refractivity contribution >= 4 is 22.5 Å². The average molecular weight is 342 g/mol. The molecule has 0 bridgehead atoms. The molecule has 0 radical (unpaired) electrons. The lowest BCUT2D eigenvalue weighted by molar-refractivity contribution is -0.644. The van der Waals surface area contributed by atoms with Gasteiger partial charge in [0.1, 0.15) is 7.05 Å². The quantitative estimate of drug-likeness (QED) is 0.520. The lowest BCUT2D eigenvalue weighted by Crippen LogP contribution is -3.00. The van der Waals surface area contributed by atoms with Gasteiger partial charge in [0.05, 0.1) is 11.1 Å². The van der Waals surface area contributed by atoms with Gasteiger partial charge in [0.15, 0.2) is 6.20 Å². The zero-order chi connectivity index (χ0) is 11.7. The number of aryl methyl sites for hydroxylation is 2. The van der Waals surface area contributed by atoms with Crippen LogP contribution in [0.5, 0.6) is 0 Å². The summed E-state index contributed by atoms with van der Waals surface area (Å²) >= 11 is 0. The van der Waals surface area contributed by atoms with Gasteiger partial charge in [0, 0.05) is 19.1 Å².